The van der Waals surface area contributed by atoms with Gasteiger partial charge in [-0.15, -0.1) is 0 Å². The molecule has 0 bridgehead atoms. The summed E-state index contributed by atoms with van der Waals surface area (Å²) in [5, 5.41) is 6.51. The maximum Gasteiger partial charge on any atom is 0.240 e. The number of para-hydroxylation sites is 1. The van der Waals surface area contributed by atoms with Gasteiger partial charge in [-0.25, -0.2) is 0 Å². The lowest BCUT2D eigenvalue weighted by Crippen LogP contribution is -2.54. The highest BCUT2D eigenvalue weighted by Crippen LogP contribution is 2.28. The Hall–Kier alpha value is -1.55. The van der Waals surface area contributed by atoms with Crippen LogP contribution >= 0.6 is 0 Å². The molecule has 0 aliphatic carbocycles. The van der Waals surface area contributed by atoms with E-state index in [9.17, 15) is 4.79 Å². The van der Waals surface area contributed by atoms with Gasteiger partial charge in [-0.1, -0.05) is 31.5 Å². The molecule has 1 amide bonds. The van der Waals surface area contributed by atoms with Crippen molar-refractivity contribution in [3.8, 4) is 5.75 Å². The molecule has 0 radical (unpaired) electrons. The van der Waals surface area contributed by atoms with Gasteiger partial charge in [0.05, 0.1) is 12.1 Å². The second-order valence-corrected chi connectivity index (χ2v) is 6.12. The maximum atomic E-state index is 12.6. The summed E-state index contributed by atoms with van der Waals surface area (Å²) in [4.78, 5) is 12.6. The summed E-state index contributed by atoms with van der Waals surface area (Å²) in [7, 11) is 0. The smallest absolute Gasteiger partial charge is 0.240 e. The van der Waals surface area contributed by atoms with Crippen LogP contribution in [0, 0.1) is 0 Å². The van der Waals surface area contributed by atoms with Gasteiger partial charge in [-0.3, -0.25) is 4.79 Å². The zero-order valence-electron chi connectivity index (χ0n) is 12.7. The minimum atomic E-state index is -0.347. The molecule has 2 heterocycles. The van der Waals surface area contributed by atoms with Gasteiger partial charge in [-0.2, -0.15) is 0 Å². The fourth-order valence-electron chi connectivity index (χ4n) is 3.50. The zero-order chi connectivity index (χ0) is 14.7. The van der Waals surface area contributed by atoms with Crippen LogP contribution in [0.4, 0.5) is 0 Å². The van der Waals surface area contributed by atoms with Crippen LogP contribution in [0.5, 0.6) is 5.75 Å². The lowest BCUT2D eigenvalue weighted by Gasteiger charge is -2.28. The standard InChI is InChI=1S/C17H24N2O2/c1-2-8-17(9-5-10-19-17)16(20)18-12-14-11-13-6-3-4-7-15(13)21-14/h3-4,6-7,14,19H,2,5,8-12H2,1H3,(H,18,20). The summed E-state index contributed by atoms with van der Waals surface area (Å²) >= 11 is 0. The van der Waals surface area contributed by atoms with Gasteiger partial charge >= 0.3 is 0 Å². The molecule has 1 saturated heterocycles. The first-order valence-corrected chi connectivity index (χ1v) is 8.01. The highest BCUT2D eigenvalue weighted by molar-refractivity contribution is 5.86. The van der Waals surface area contributed by atoms with Crippen molar-refractivity contribution in [2.24, 2.45) is 0 Å². The van der Waals surface area contributed by atoms with Crippen molar-refractivity contribution in [2.45, 2.75) is 50.7 Å². The van der Waals surface area contributed by atoms with Crippen molar-refractivity contribution in [1.82, 2.24) is 10.6 Å². The van der Waals surface area contributed by atoms with E-state index >= 15 is 0 Å². The van der Waals surface area contributed by atoms with Crippen molar-refractivity contribution in [3.05, 3.63) is 29.8 Å². The Bertz CT molecular complexity index is 484. The molecule has 0 aromatic heterocycles. The van der Waals surface area contributed by atoms with Gasteiger partial charge in [-0.05, 0) is 37.4 Å². The van der Waals surface area contributed by atoms with E-state index < -0.39 is 0 Å². The Morgan fingerprint density at radius 2 is 2.33 bits per heavy atom. The molecule has 2 aliphatic heterocycles. The summed E-state index contributed by atoms with van der Waals surface area (Å²) in [5.74, 6) is 1.10. The fraction of sp³-hybridized carbons (Fsp3) is 0.588. The average molecular weight is 288 g/mol. The summed E-state index contributed by atoms with van der Waals surface area (Å²) < 4.78 is 5.88. The van der Waals surface area contributed by atoms with E-state index in [2.05, 4.69) is 23.6 Å². The van der Waals surface area contributed by atoms with E-state index in [1.54, 1.807) is 0 Å². The third kappa shape index (κ3) is 2.91. The highest BCUT2D eigenvalue weighted by Gasteiger charge is 2.40. The quantitative estimate of drug-likeness (QED) is 0.871. The first kappa shape index (κ1) is 14.4. The van der Waals surface area contributed by atoms with Crippen LogP contribution in [0.15, 0.2) is 24.3 Å². The Kier molecular flexibility index (Phi) is 4.15. The molecule has 21 heavy (non-hydrogen) atoms. The zero-order valence-corrected chi connectivity index (χ0v) is 12.7. The third-order valence-corrected chi connectivity index (χ3v) is 4.56. The van der Waals surface area contributed by atoms with E-state index in [1.165, 1.54) is 5.56 Å². The summed E-state index contributed by atoms with van der Waals surface area (Å²) in [6, 6.07) is 8.10. The number of hydrogen-bond acceptors (Lipinski definition) is 3. The Balaban J connectivity index is 1.55. The van der Waals surface area contributed by atoms with Crippen molar-refractivity contribution in [1.29, 1.82) is 0 Å². The molecule has 4 nitrogen and oxygen atoms in total. The molecule has 2 unspecified atom stereocenters. The molecule has 114 valence electrons. The van der Waals surface area contributed by atoms with Crippen LogP contribution in [-0.4, -0.2) is 30.6 Å². The van der Waals surface area contributed by atoms with Gasteiger partial charge < -0.3 is 15.4 Å². The molecule has 1 aromatic carbocycles. The largest absolute Gasteiger partial charge is 0.488 e. The SMILES string of the molecule is CCCC1(C(=O)NCC2Cc3ccccc3O2)CCCN1. The predicted octanol–water partition coefficient (Wildman–Crippen LogP) is 2.03. The molecule has 2 N–H and O–H groups in total. The van der Waals surface area contributed by atoms with Crippen molar-refractivity contribution >= 4 is 5.91 Å². The van der Waals surface area contributed by atoms with Crippen LogP contribution < -0.4 is 15.4 Å². The molecular formula is C17H24N2O2. The van der Waals surface area contributed by atoms with E-state index in [0.29, 0.717) is 6.54 Å². The number of carbonyl (C=O) groups is 1. The summed E-state index contributed by atoms with van der Waals surface area (Å²) in [6.07, 6.45) is 4.89. The van der Waals surface area contributed by atoms with Crippen LogP contribution in [0.1, 0.15) is 38.2 Å². The minimum absolute atomic E-state index is 0.0615. The van der Waals surface area contributed by atoms with Gasteiger partial charge in [0.2, 0.25) is 5.91 Å². The lowest BCUT2D eigenvalue weighted by molar-refractivity contribution is -0.127. The van der Waals surface area contributed by atoms with Crippen LogP contribution in [0.3, 0.4) is 0 Å². The first-order chi connectivity index (χ1) is 10.2. The molecule has 1 fully saturated rings. The summed E-state index contributed by atoms with van der Waals surface area (Å²) in [6.45, 7) is 3.66. The van der Waals surface area contributed by atoms with E-state index in [4.69, 9.17) is 4.74 Å². The Labute approximate surface area is 126 Å². The van der Waals surface area contributed by atoms with Gasteiger partial charge in [0, 0.05) is 6.42 Å². The van der Waals surface area contributed by atoms with E-state index in [-0.39, 0.29) is 17.6 Å². The predicted molar refractivity (Wildman–Crippen MR) is 82.4 cm³/mol. The van der Waals surface area contributed by atoms with E-state index in [1.807, 2.05) is 18.2 Å². The molecule has 2 aliphatic rings. The average Bonchev–Trinajstić information content (AvgIpc) is 3.12. The molecule has 0 saturated carbocycles. The van der Waals surface area contributed by atoms with Crippen molar-refractivity contribution in [2.75, 3.05) is 13.1 Å². The number of hydrogen-bond donors (Lipinski definition) is 2. The van der Waals surface area contributed by atoms with Crippen molar-refractivity contribution < 1.29 is 9.53 Å². The molecule has 4 heteroatoms. The van der Waals surface area contributed by atoms with Crippen LogP contribution in [0.2, 0.25) is 0 Å². The highest BCUT2D eigenvalue weighted by atomic mass is 16.5. The number of carbonyl (C=O) groups excluding carboxylic acids is 1. The van der Waals surface area contributed by atoms with Crippen LogP contribution in [-0.2, 0) is 11.2 Å². The maximum absolute atomic E-state index is 12.6. The second kappa shape index (κ2) is 6.06. The number of ether oxygens (including phenoxy) is 1. The lowest BCUT2D eigenvalue weighted by atomic mass is 9.91. The molecule has 2 atom stereocenters. The number of fused-ring (bicyclic) bond motifs is 1. The molecule has 0 spiro atoms. The minimum Gasteiger partial charge on any atom is -0.488 e. The molecule has 3 rings (SSSR count). The molecule has 1 aromatic rings. The normalized spacial score (nSPS) is 27.2. The first-order valence-electron chi connectivity index (χ1n) is 8.01. The summed E-state index contributed by atoms with van der Waals surface area (Å²) in [5.41, 5.74) is 0.888. The second-order valence-electron chi connectivity index (χ2n) is 6.12. The van der Waals surface area contributed by atoms with Gasteiger partial charge in [0.1, 0.15) is 11.9 Å². The topological polar surface area (TPSA) is 50.4 Å². The third-order valence-electron chi connectivity index (χ3n) is 4.56. The number of nitrogens with one attached hydrogen (secondary N) is 2. The van der Waals surface area contributed by atoms with Crippen molar-refractivity contribution in [3.63, 3.8) is 0 Å². The van der Waals surface area contributed by atoms with Crippen LogP contribution in [0.25, 0.3) is 0 Å². The number of rotatable bonds is 5. The molecular weight excluding hydrogens is 264 g/mol. The monoisotopic (exact) mass is 288 g/mol. The number of amides is 1. The Morgan fingerprint density at radius 1 is 1.48 bits per heavy atom. The fourth-order valence-corrected chi connectivity index (χ4v) is 3.50. The van der Waals surface area contributed by atoms with E-state index in [0.717, 1.165) is 44.4 Å². The Morgan fingerprint density at radius 3 is 3.05 bits per heavy atom. The number of benzene rings is 1. The van der Waals surface area contributed by atoms with Gasteiger partial charge in [0.15, 0.2) is 0 Å². The van der Waals surface area contributed by atoms with Gasteiger partial charge in [0.25, 0.3) is 0 Å².